The van der Waals surface area contributed by atoms with Crippen LogP contribution in [0, 0.1) is 13.8 Å². The van der Waals surface area contributed by atoms with Crippen LogP contribution in [0.1, 0.15) is 16.3 Å². The van der Waals surface area contributed by atoms with E-state index in [1.165, 1.54) is 11.5 Å². The molecule has 0 spiro atoms. The van der Waals surface area contributed by atoms with Gasteiger partial charge in [0.1, 0.15) is 10.8 Å². The number of anilines is 2. The summed E-state index contributed by atoms with van der Waals surface area (Å²) in [5.41, 5.74) is 9.95. The van der Waals surface area contributed by atoms with E-state index in [-0.39, 0.29) is 0 Å². The number of nitrogen functional groups attached to an aromatic ring is 1. The standard InChI is InChI=1S/C13H16N6S2/c1-7-9(5-19(3)17-7)4-15-13-11(12(14)18-21-13)10-6-20-8(2)16-10/h5-6,15H,4H2,1-3H3,(H2,14,18). The zero-order valence-electron chi connectivity index (χ0n) is 12.0. The maximum atomic E-state index is 5.99. The number of hydrogen-bond acceptors (Lipinski definition) is 7. The van der Waals surface area contributed by atoms with Crippen LogP contribution in [0.2, 0.25) is 0 Å². The molecular weight excluding hydrogens is 304 g/mol. The molecule has 0 radical (unpaired) electrons. The molecule has 3 aromatic heterocycles. The molecule has 6 nitrogen and oxygen atoms in total. The third-order valence-corrected chi connectivity index (χ3v) is 4.74. The molecular formula is C13H16N6S2. The topological polar surface area (TPSA) is 81.6 Å². The van der Waals surface area contributed by atoms with Gasteiger partial charge in [-0.05, 0) is 25.4 Å². The maximum absolute atomic E-state index is 5.99. The summed E-state index contributed by atoms with van der Waals surface area (Å²) in [5.74, 6) is 0.524. The first kappa shape index (κ1) is 14.0. The molecule has 0 unspecified atom stereocenters. The molecule has 0 atom stereocenters. The summed E-state index contributed by atoms with van der Waals surface area (Å²) in [4.78, 5) is 4.50. The van der Waals surface area contributed by atoms with Crippen LogP contribution < -0.4 is 11.1 Å². The average molecular weight is 320 g/mol. The lowest BCUT2D eigenvalue weighted by molar-refractivity contribution is 0.756. The molecule has 110 valence electrons. The van der Waals surface area contributed by atoms with Crippen molar-refractivity contribution >= 4 is 33.7 Å². The van der Waals surface area contributed by atoms with Crippen molar-refractivity contribution in [1.29, 1.82) is 0 Å². The van der Waals surface area contributed by atoms with Crippen molar-refractivity contribution in [2.45, 2.75) is 20.4 Å². The fourth-order valence-corrected chi connectivity index (χ4v) is 3.47. The first-order valence-electron chi connectivity index (χ1n) is 6.45. The quantitative estimate of drug-likeness (QED) is 0.772. The van der Waals surface area contributed by atoms with Crippen molar-refractivity contribution in [3.8, 4) is 11.3 Å². The lowest BCUT2D eigenvalue weighted by Crippen LogP contribution is -2.00. The Kier molecular flexibility index (Phi) is 3.64. The summed E-state index contributed by atoms with van der Waals surface area (Å²) in [7, 11) is 1.92. The zero-order valence-corrected chi connectivity index (χ0v) is 13.7. The summed E-state index contributed by atoms with van der Waals surface area (Å²) in [6, 6.07) is 0. The smallest absolute Gasteiger partial charge is 0.148 e. The van der Waals surface area contributed by atoms with Crippen LogP contribution in [0.4, 0.5) is 10.8 Å². The van der Waals surface area contributed by atoms with Gasteiger partial charge >= 0.3 is 0 Å². The van der Waals surface area contributed by atoms with Crippen molar-refractivity contribution in [2.24, 2.45) is 7.05 Å². The molecule has 0 saturated carbocycles. The second-order valence-corrected chi connectivity index (χ2v) is 6.63. The van der Waals surface area contributed by atoms with Gasteiger partial charge in [-0.3, -0.25) is 4.68 Å². The Hall–Kier alpha value is -1.93. The minimum atomic E-state index is 0.524. The van der Waals surface area contributed by atoms with Crippen LogP contribution in [0.25, 0.3) is 11.3 Å². The predicted octanol–water partition coefficient (Wildman–Crippen LogP) is 2.81. The number of nitrogens with zero attached hydrogens (tertiary/aromatic N) is 4. The molecule has 0 aliphatic rings. The fraction of sp³-hybridized carbons (Fsp3) is 0.308. The van der Waals surface area contributed by atoms with Crippen LogP contribution in [-0.4, -0.2) is 19.1 Å². The molecule has 3 N–H and O–H groups in total. The molecule has 21 heavy (non-hydrogen) atoms. The highest BCUT2D eigenvalue weighted by molar-refractivity contribution is 7.11. The van der Waals surface area contributed by atoms with Gasteiger partial charge in [0, 0.05) is 30.7 Å². The summed E-state index contributed by atoms with van der Waals surface area (Å²) in [6.45, 7) is 4.68. The SMILES string of the molecule is Cc1nc(-c2c(N)nsc2NCc2cn(C)nc2C)cs1. The Morgan fingerprint density at radius 1 is 1.38 bits per heavy atom. The van der Waals surface area contributed by atoms with Gasteiger partial charge in [-0.25, -0.2) is 4.98 Å². The van der Waals surface area contributed by atoms with Gasteiger partial charge < -0.3 is 11.1 Å². The molecule has 0 saturated heterocycles. The predicted molar refractivity (Wildman–Crippen MR) is 87.6 cm³/mol. The highest BCUT2D eigenvalue weighted by Gasteiger charge is 2.16. The molecule has 3 rings (SSSR count). The van der Waals surface area contributed by atoms with E-state index in [2.05, 4.69) is 19.8 Å². The zero-order chi connectivity index (χ0) is 15.0. The van der Waals surface area contributed by atoms with Gasteiger partial charge in [-0.2, -0.15) is 9.47 Å². The lowest BCUT2D eigenvalue weighted by atomic mass is 10.2. The lowest BCUT2D eigenvalue weighted by Gasteiger charge is -2.05. The van der Waals surface area contributed by atoms with E-state index >= 15 is 0 Å². The molecule has 0 aliphatic heterocycles. The second kappa shape index (κ2) is 5.45. The maximum Gasteiger partial charge on any atom is 0.148 e. The number of aryl methyl sites for hydroxylation is 3. The number of aromatic nitrogens is 4. The number of thiazole rings is 1. The van der Waals surface area contributed by atoms with Crippen LogP contribution >= 0.6 is 22.9 Å². The van der Waals surface area contributed by atoms with Crippen molar-refractivity contribution in [3.05, 3.63) is 27.8 Å². The average Bonchev–Trinajstić information content (AvgIpc) is 3.08. The van der Waals surface area contributed by atoms with Crippen LogP contribution in [0.15, 0.2) is 11.6 Å². The summed E-state index contributed by atoms with van der Waals surface area (Å²) >= 11 is 2.97. The Bertz CT molecular complexity index is 770. The Morgan fingerprint density at radius 2 is 2.19 bits per heavy atom. The Balaban J connectivity index is 1.85. The highest BCUT2D eigenvalue weighted by atomic mass is 32.1. The Morgan fingerprint density at radius 3 is 2.81 bits per heavy atom. The number of hydrogen-bond donors (Lipinski definition) is 2. The van der Waals surface area contributed by atoms with Crippen molar-refractivity contribution < 1.29 is 0 Å². The molecule has 3 aromatic rings. The van der Waals surface area contributed by atoms with Gasteiger partial charge in [0.2, 0.25) is 0 Å². The van der Waals surface area contributed by atoms with E-state index in [4.69, 9.17) is 5.73 Å². The second-order valence-electron chi connectivity index (χ2n) is 4.79. The van der Waals surface area contributed by atoms with E-state index in [1.54, 1.807) is 11.3 Å². The third-order valence-electron chi connectivity index (χ3n) is 3.15. The van der Waals surface area contributed by atoms with Gasteiger partial charge in [0.15, 0.2) is 0 Å². The number of nitrogens with two attached hydrogens (primary N) is 1. The van der Waals surface area contributed by atoms with Gasteiger partial charge in [-0.15, -0.1) is 11.3 Å². The minimum Gasteiger partial charge on any atom is -0.382 e. The first-order valence-corrected chi connectivity index (χ1v) is 8.10. The summed E-state index contributed by atoms with van der Waals surface area (Å²) in [5, 5.41) is 11.7. The van der Waals surface area contributed by atoms with Crippen LogP contribution in [0.3, 0.4) is 0 Å². The molecule has 0 fully saturated rings. The summed E-state index contributed by atoms with van der Waals surface area (Å²) < 4.78 is 6.06. The van der Waals surface area contributed by atoms with Gasteiger partial charge in [-0.1, -0.05) is 0 Å². The molecule has 0 bridgehead atoms. The van der Waals surface area contributed by atoms with Crippen molar-refractivity contribution in [3.63, 3.8) is 0 Å². The number of rotatable bonds is 4. The van der Waals surface area contributed by atoms with E-state index < -0.39 is 0 Å². The minimum absolute atomic E-state index is 0.524. The van der Waals surface area contributed by atoms with E-state index in [0.717, 1.165) is 32.5 Å². The van der Waals surface area contributed by atoms with Crippen molar-refractivity contribution in [2.75, 3.05) is 11.1 Å². The van der Waals surface area contributed by atoms with Gasteiger partial charge in [0.25, 0.3) is 0 Å². The van der Waals surface area contributed by atoms with Gasteiger partial charge in [0.05, 0.1) is 22.0 Å². The molecule has 0 aliphatic carbocycles. The van der Waals surface area contributed by atoms with Crippen LogP contribution in [0.5, 0.6) is 0 Å². The van der Waals surface area contributed by atoms with Crippen LogP contribution in [-0.2, 0) is 13.6 Å². The normalized spacial score (nSPS) is 11.0. The highest BCUT2D eigenvalue weighted by Crippen LogP contribution is 2.37. The Labute approximate surface area is 130 Å². The fourth-order valence-electron chi connectivity index (χ4n) is 2.15. The third kappa shape index (κ3) is 2.77. The number of nitrogens with one attached hydrogen (secondary N) is 1. The largest absolute Gasteiger partial charge is 0.382 e. The molecule has 0 aromatic carbocycles. The molecule has 8 heteroatoms. The molecule has 0 amide bonds. The monoisotopic (exact) mass is 320 g/mol. The van der Waals surface area contributed by atoms with E-state index in [1.807, 2.05) is 37.2 Å². The summed E-state index contributed by atoms with van der Waals surface area (Å²) in [6.07, 6.45) is 2.01. The molecule has 3 heterocycles. The van der Waals surface area contributed by atoms with Crippen molar-refractivity contribution in [1.82, 2.24) is 19.1 Å². The van der Waals surface area contributed by atoms with E-state index in [0.29, 0.717) is 12.4 Å². The first-order chi connectivity index (χ1) is 10.0. The van der Waals surface area contributed by atoms with E-state index in [9.17, 15) is 0 Å².